The molecule has 0 aliphatic carbocycles. The first-order valence-electron chi connectivity index (χ1n) is 11.3. The van der Waals surface area contributed by atoms with Crippen molar-refractivity contribution in [1.29, 1.82) is 0 Å². The van der Waals surface area contributed by atoms with Crippen LogP contribution in [0, 0.1) is 0 Å². The lowest BCUT2D eigenvalue weighted by Crippen LogP contribution is -2.28. The topological polar surface area (TPSA) is 147 Å². The average Bonchev–Trinajstić information content (AvgIpc) is 3.19. The maximum absolute atomic E-state index is 13.3. The zero-order valence-corrected chi connectivity index (χ0v) is 20.7. The first-order valence-corrected chi connectivity index (χ1v) is 14.2. The Labute approximate surface area is 208 Å². The van der Waals surface area contributed by atoms with E-state index in [2.05, 4.69) is 34.6 Å². The summed E-state index contributed by atoms with van der Waals surface area (Å²) in [6.07, 6.45) is 0.926. The van der Waals surface area contributed by atoms with Crippen molar-refractivity contribution < 1.29 is 21.5 Å². The van der Waals surface area contributed by atoms with Crippen molar-refractivity contribution in [2.75, 3.05) is 40.5 Å². The van der Waals surface area contributed by atoms with Crippen molar-refractivity contribution in [3.63, 3.8) is 0 Å². The van der Waals surface area contributed by atoms with Crippen LogP contribution in [-0.4, -0.2) is 53.3 Å². The highest BCUT2D eigenvalue weighted by Crippen LogP contribution is 2.33. The van der Waals surface area contributed by atoms with E-state index in [0.29, 0.717) is 0 Å². The quantitative estimate of drug-likeness (QED) is 0.329. The van der Waals surface area contributed by atoms with Gasteiger partial charge in [0.25, 0.3) is 20.0 Å². The fourth-order valence-electron chi connectivity index (χ4n) is 4.01. The molecule has 13 heteroatoms. The second-order valence-electron chi connectivity index (χ2n) is 8.23. The molecule has 0 atom stereocenters. The number of anilines is 3. The van der Waals surface area contributed by atoms with Gasteiger partial charge in [0.1, 0.15) is 10.4 Å². The predicted octanol–water partition coefficient (Wildman–Crippen LogP) is 2.62. The molecule has 1 aliphatic rings. The van der Waals surface area contributed by atoms with Crippen LogP contribution >= 0.6 is 0 Å². The van der Waals surface area contributed by atoms with Gasteiger partial charge in [-0.3, -0.25) is 9.44 Å². The average molecular weight is 529 g/mol. The van der Waals surface area contributed by atoms with Crippen molar-refractivity contribution in [3.8, 4) is 0 Å². The number of benzene rings is 3. The minimum atomic E-state index is -4.17. The summed E-state index contributed by atoms with van der Waals surface area (Å²) in [5.74, 6) is 0. The van der Waals surface area contributed by atoms with Crippen LogP contribution in [0.4, 0.5) is 17.1 Å². The SMILES string of the molecule is O=S(=O)(Nc1cc(N2CCCNCC2)ccc1NS(=O)(=O)c1cccc2nonc12)c1ccccc1. The summed E-state index contributed by atoms with van der Waals surface area (Å²) in [7, 11) is -8.16. The van der Waals surface area contributed by atoms with Crippen LogP contribution in [-0.2, 0) is 20.0 Å². The first kappa shape index (κ1) is 24.0. The zero-order chi connectivity index (χ0) is 25.2. The zero-order valence-electron chi connectivity index (χ0n) is 19.1. The third-order valence-electron chi connectivity index (χ3n) is 5.79. The molecule has 1 saturated heterocycles. The highest BCUT2D eigenvalue weighted by Gasteiger charge is 2.24. The Kier molecular flexibility index (Phi) is 6.51. The summed E-state index contributed by atoms with van der Waals surface area (Å²) in [6, 6.07) is 17.3. The molecule has 0 amide bonds. The molecule has 5 rings (SSSR count). The Balaban J connectivity index is 1.55. The smallest absolute Gasteiger partial charge is 0.264 e. The van der Waals surface area contributed by atoms with Crippen LogP contribution in [0.3, 0.4) is 0 Å². The van der Waals surface area contributed by atoms with E-state index in [1.165, 1.54) is 24.3 Å². The summed E-state index contributed by atoms with van der Waals surface area (Å²) < 4.78 is 62.6. The number of nitrogens with one attached hydrogen (secondary N) is 3. The van der Waals surface area contributed by atoms with E-state index in [4.69, 9.17) is 0 Å². The molecule has 188 valence electrons. The minimum Gasteiger partial charge on any atom is -0.370 e. The summed E-state index contributed by atoms with van der Waals surface area (Å²) >= 11 is 0. The summed E-state index contributed by atoms with van der Waals surface area (Å²) in [4.78, 5) is 2.04. The van der Waals surface area contributed by atoms with Crippen LogP contribution in [0.2, 0.25) is 0 Å². The number of aromatic nitrogens is 2. The molecule has 36 heavy (non-hydrogen) atoms. The number of rotatable bonds is 7. The highest BCUT2D eigenvalue weighted by molar-refractivity contribution is 7.93. The molecule has 2 heterocycles. The minimum absolute atomic E-state index is 0.0571. The van der Waals surface area contributed by atoms with Crippen LogP contribution in [0.25, 0.3) is 11.0 Å². The third-order valence-corrected chi connectivity index (χ3v) is 8.57. The fraction of sp³-hybridized carbons (Fsp3) is 0.217. The number of fused-ring (bicyclic) bond motifs is 1. The van der Waals surface area contributed by atoms with Gasteiger partial charge in [-0.25, -0.2) is 21.5 Å². The van der Waals surface area contributed by atoms with Gasteiger partial charge in [0, 0.05) is 25.3 Å². The molecule has 11 nitrogen and oxygen atoms in total. The second-order valence-corrected chi connectivity index (χ2v) is 11.6. The monoisotopic (exact) mass is 528 g/mol. The van der Waals surface area contributed by atoms with Gasteiger partial charge < -0.3 is 10.2 Å². The Morgan fingerprint density at radius 3 is 2.44 bits per heavy atom. The van der Waals surface area contributed by atoms with E-state index >= 15 is 0 Å². The molecule has 1 aromatic heterocycles. The van der Waals surface area contributed by atoms with Crippen molar-refractivity contribution in [1.82, 2.24) is 15.6 Å². The normalized spacial score (nSPS) is 14.9. The molecular formula is C23H24N6O5S2. The molecule has 0 bridgehead atoms. The van der Waals surface area contributed by atoms with Gasteiger partial charge in [0.2, 0.25) is 0 Å². The molecule has 0 radical (unpaired) electrons. The van der Waals surface area contributed by atoms with Crippen LogP contribution < -0.4 is 19.7 Å². The fourth-order valence-corrected chi connectivity index (χ4v) is 6.33. The molecule has 1 aliphatic heterocycles. The van der Waals surface area contributed by atoms with Crippen molar-refractivity contribution in [2.45, 2.75) is 16.2 Å². The summed E-state index contributed by atoms with van der Waals surface area (Å²) in [5, 5.41) is 10.7. The lowest BCUT2D eigenvalue weighted by molar-refractivity contribution is 0.315. The largest absolute Gasteiger partial charge is 0.370 e. The van der Waals surface area contributed by atoms with Gasteiger partial charge in [0.05, 0.1) is 16.3 Å². The van der Waals surface area contributed by atoms with E-state index in [1.54, 1.807) is 42.5 Å². The maximum Gasteiger partial charge on any atom is 0.264 e. The lowest BCUT2D eigenvalue weighted by Gasteiger charge is -2.24. The van der Waals surface area contributed by atoms with Crippen LogP contribution in [0.5, 0.6) is 0 Å². The third kappa shape index (κ3) is 4.98. The van der Waals surface area contributed by atoms with Gasteiger partial charge in [-0.05, 0) is 65.7 Å². The Bertz CT molecular complexity index is 1580. The number of nitrogens with zero attached hydrogens (tertiary/aromatic N) is 3. The summed E-state index contributed by atoms with van der Waals surface area (Å²) in [5.41, 5.74) is 1.30. The lowest BCUT2D eigenvalue weighted by atomic mass is 10.2. The maximum atomic E-state index is 13.3. The van der Waals surface area contributed by atoms with E-state index in [-0.39, 0.29) is 32.2 Å². The number of hydrogen-bond acceptors (Lipinski definition) is 9. The standard InChI is InChI=1S/C23H24N6O5S2/c30-35(31,18-6-2-1-3-7-18)28-21-16-17(29-14-5-12-24-13-15-29)10-11-19(21)27-36(32,33)22-9-4-8-20-23(22)26-34-25-20/h1-4,6-11,16,24,27-28H,5,12-15H2. The molecule has 0 saturated carbocycles. The Morgan fingerprint density at radius 2 is 1.61 bits per heavy atom. The van der Waals surface area contributed by atoms with E-state index in [9.17, 15) is 16.8 Å². The molecule has 1 fully saturated rings. The molecule has 4 aromatic rings. The van der Waals surface area contributed by atoms with Crippen molar-refractivity contribution in [3.05, 3.63) is 66.7 Å². The van der Waals surface area contributed by atoms with Crippen LogP contribution in [0.15, 0.2) is 81.2 Å². The highest BCUT2D eigenvalue weighted by atomic mass is 32.2. The van der Waals surface area contributed by atoms with E-state index in [1.807, 2.05) is 0 Å². The second kappa shape index (κ2) is 9.76. The molecule has 3 aromatic carbocycles. The summed E-state index contributed by atoms with van der Waals surface area (Å²) in [6.45, 7) is 3.20. The Morgan fingerprint density at radius 1 is 0.806 bits per heavy atom. The predicted molar refractivity (Wildman–Crippen MR) is 136 cm³/mol. The van der Waals surface area contributed by atoms with Crippen molar-refractivity contribution >= 4 is 48.1 Å². The van der Waals surface area contributed by atoms with Crippen molar-refractivity contribution in [2.24, 2.45) is 0 Å². The number of sulfonamides is 2. The van der Waals surface area contributed by atoms with E-state index < -0.39 is 20.0 Å². The number of hydrogen-bond donors (Lipinski definition) is 3. The van der Waals surface area contributed by atoms with Gasteiger partial charge in [0.15, 0.2) is 5.52 Å². The van der Waals surface area contributed by atoms with Gasteiger partial charge in [-0.2, -0.15) is 0 Å². The first-order chi connectivity index (χ1) is 17.3. The van der Waals surface area contributed by atoms with E-state index in [0.717, 1.165) is 38.3 Å². The Hall–Kier alpha value is -3.68. The van der Waals surface area contributed by atoms with Crippen LogP contribution in [0.1, 0.15) is 6.42 Å². The molecule has 0 unspecified atom stereocenters. The van der Waals surface area contributed by atoms with Gasteiger partial charge >= 0.3 is 0 Å². The molecule has 0 spiro atoms. The van der Waals surface area contributed by atoms with Gasteiger partial charge in [-0.1, -0.05) is 24.3 Å². The van der Waals surface area contributed by atoms with Gasteiger partial charge in [-0.15, -0.1) is 0 Å². The molecule has 3 N–H and O–H groups in total. The molecular weight excluding hydrogens is 504 g/mol.